The van der Waals surface area contributed by atoms with E-state index < -0.39 is 34.3 Å². The molecule has 150 valence electrons. The number of sulfonamides is 1. The Balaban J connectivity index is 1.87. The predicted octanol–water partition coefficient (Wildman–Crippen LogP) is 0.698. The highest BCUT2D eigenvalue weighted by molar-refractivity contribution is 7.89. The molecule has 3 rings (SSSR count). The van der Waals surface area contributed by atoms with E-state index in [9.17, 15) is 23.4 Å². The highest BCUT2D eigenvalue weighted by Crippen LogP contribution is 2.36. The number of ether oxygens (including phenoxy) is 1. The number of amides is 1. The van der Waals surface area contributed by atoms with E-state index in [4.69, 9.17) is 9.94 Å². The molecule has 2 aliphatic rings. The molecule has 1 saturated carbocycles. The van der Waals surface area contributed by atoms with Crippen molar-refractivity contribution in [2.24, 2.45) is 0 Å². The van der Waals surface area contributed by atoms with Crippen LogP contribution in [-0.2, 0) is 19.6 Å². The Morgan fingerprint density at radius 3 is 2.41 bits per heavy atom. The second-order valence-electron chi connectivity index (χ2n) is 7.06. The third-order valence-electron chi connectivity index (χ3n) is 5.06. The van der Waals surface area contributed by atoms with Crippen LogP contribution in [0.3, 0.4) is 0 Å². The first-order valence-corrected chi connectivity index (χ1v) is 10.3. The molecule has 1 amide bonds. The molecule has 27 heavy (non-hydrogen) atoms. The fraction of sp³-hybridized carbons (Fsp3) is 0.588. The standard InChI is InChI=1S/C17H24N2O7S/c20-12-6-8-14(9-7-12)27(24,25)19-11-17(22,10-15(19)16(21)18-23)26-13-4-2-1-3-5-13/h6-9,13,15,20,22-23H,1-5,10-11H2,(H,18,21)/t15-,17?/m1/s1. The van der Waals surface area contributed by atoms with Crippen LogP contribution in [0.4, 0.5) is 0 Å². The van der Waals surface area contributed by atoms with Crippen LogP contribution in [0.15, 0.2) is 29.2 Å². The van der Waals surface area contributed by atoms with Crippen LogP contribution in [0.25, 0.3) is 0 Å². The van der Waals surface area contributed by atoms with Gasteiger partial charge in [0.25, 0.3) is 5.91 Å². The van der Waals surface area contributed by atoms with Gasteiger partial charge in [-0.15, -0.1) is 0 Å². The lowest BCUT2D eigenvalue weighted by Gasteiger charge is -2.31. The summed E-state index contributed by atoms with van der Waals surface area (Å²) >= 11 is 0. The molecule has 1 aromatic carbocycles. The van der Waals surface area contributed by atoms with Gasteiger partial charge in [0.2, 0.25) is 10.0 Å². The largest absolute Gasteiger partial charge is 0.508 e. The number of nitrogens with one attached hydrogen (secondary N) is 1. The summed E-state index contributed by atoms with van der Waals surface area (Å²) in [6, 6.07) is 3.53. The molecule has 2 fully saturated rings. The molecule has 0 aromatic heterocycles. The number of phenolic OH excluding ortho intramolecular Hbond substituents is 1. The second-order valence-corrected chi connectivity index (χ2v) is 8.95. The number of β-amino-alcohol motifs (C(OH)–C–C–N with tert-alkyl or cyclic N) is 1. The molecule has 10 heteroatoms. The number of benzene rings is 1. The SMILES string of the molecule is O=C(NO)[C@H]1CC(O)(OC2CCCCC2)CN1S(=O)(=O)c1ccc(O)cc1. The molecule has 2 atom stereocenters. The van der Waals surface area contributed by atoms with Gasteiger partial charge in [0.15, 0.2) is 5.79 Å². The third kappa shape index (κ3) is 4.25. The van der Waals surface area contributed by atoms with Crippen molar-refractivity contribution < 1.29 is 33.4 Å². The van der Waals surface area contributed by atoms with Gasteiger partial charge in [0.05, 0.1) is 17.5 Å². The number of aliphatic hydroxyl groups is 1. The first kappa shape index (κ1) is 20.0. The van der Waals surface area contributed by atoms with E-state index in [-0.39, 0.29) is 23.2 Å². The summed E-state index contributed by atoms with van der Waals surface area (Å²) in [5, 5.41) is 29.2. The molecule has 1 aliphatic carbocycles. The summed E-state index contributed by atoms with van der Waals surface area (Å²) in [6.45, 7) is -0.426. The minimum absolute atomic E-state index is 0.0999. The average Bonchev–Trinajstić information content (AvgIpc) is 3.00. The van der Waals surface area contributed by atoms with Crippen molar-refractivity contribution in [1.29, 1.82) is 0 Å². The number of carbonyl (C=O) groups is 1. The Bertz CT molecular complexity index is 777. The molecule has 0 bridgehead atoms. The van der Waals surface area contributed by atoms with Crippen molar-refractivity contribution in [2.45, 2.75) is 61.4 Å². The van der Waals surface area contributed by atoms with E-state index >= 15 is 0 Å². The molecule has 0 radical (unpaired) electrons. The average molecular weight is 400 g/mol. The Morgan fingerprint density at radius 2 is 1.81 bits per heavy atom. The van der Waals surface area contributed by atoms with Gasteiger partial charge in [0, 0.05) is 6.42 Å². The van der Waals surface area contributed by atoms with Crippen molar-refractivity contribution in [3.05, 3.63) is 24.3 Å². The van der Waals surface area contributed by atoms with Crippen molar-refractivity contribution in [3.8, 4) is 5.75 Å². The molecule has 1 heterocycles. The lowest BCUT2D eigenvalue weighted by atomic mass is 9.97. The number of hydrogen-bond acceptors (Lipinski definition) is 7. The van der Waals surface area contributed by atoms with Gasteiger partial charge in [-0.2, -0.15) is 4.31 Å². The zero-order valence-corrected chi connectivity index (χ0v) is 15.6. The Morgan fingerprint density at radius 1 is 1.19 bits per heavy atom. The van der Waals surface area contributed by atoms with E-state index in [1.54, 1.807) is 0 Å². The monoisotopic (exact) mass is 400 g/mol. The summed E-state index contributed by atoms with van der Waals surface area (Å²) in [4.78, 5) is 11.9. The van der Waals surface area contributed by atoms with Crippen molar-refractivity contribution >= 4 is 15.9 Å². The van der Waals surface area contributed by atoms with E-state index in [1.807, 2.05) is 0 Å². The summed E-state index contributed by atoms with van der Waals surface area (Å²) in [5.74, 6) is -2.86. The maximum absolute atomic E-state index is 13.0. The number of nitrogens with zero attached hydrogens (tertiary/aromatic N) is 1. The minimum atomic E-state index is -4.16. The van der Waals surface area contributed by atoms with E-state index in [0.717, 1.165) is 36.4 Å². The molecule has 4 N–H and O–H groups in total. The molecular weight excluding hydrogens is 376 g/mol. The van der Waals surface area contributed by atoms with Crippen LogP contribution < -0.4 is 5.48 Å². The molecule has 1 aliphatic heterocycles. The zero-order chi connectivity index (χ0) is 19.7. The van der Waals surface area contributed by atoms with Gasteiger partial charge in [-0.3, -0.25) is 10.0 Å². The van der Waals surface area contributed by atoms with Crippen molar-refractivity contribution in [1.82, 2.24) is 9.79 Å². The summed E-state index contributed by atoms with van der Waals surface area (Å²) in [5.41, 5.74) is 1.46. The smallest absolute Gasteiger partial charge is 0.261 e. The van der Waals surface area contributed by atoms with Gasteiger partial charge in [0.1, 0.15) is 11.8 Å². The first-order valence-electron chi connectivity index (χ1n) is 8.90. The summed E-state index contributed by atoms with van der Waals surface area (Å²) < 4.78 is 32.6. The highest BCUT2D eigenvalue weighted by atomic mass is 32.2. The minimum Gasteiger partial charge on any atom is -0.508 e. The zero-order valence-electron chi connectivity index (χ0n) is 14.7. The van der Waals surface area contributed by atoms with Crippen LogP contribution >= 0.6 is 0 Å². The Labute approximate surface area is 157 Å². The number of hydroxylamine groups is 1. The van der Waals surface area contributed by atoms with E-state index in [2.05, 4.69) is 0 Å². The molecule has 1 unspecified atom stereocenters. The Kier molecular flexibility index (Phi) is 5.73. The van der Waals surface area contributed by atoms with Crippen LogP contribution in [0, 0.1) is 0 Å². The molecule has 9 nitrogen and oxygen atoms in total. The summed E-state index contributed by atoms with van der Waals surface area (Å²) in [6.07, 6.45) is 4.09. The lowest BCUT2D eigenvalue weighted by Crippen LogP contribution is -2.45. The van der Waals surface area contributed by atoms with Crippen molar-refractivity contribution in [3.63, 3.8) is 0 Å². The molecule has 1 saturated heterocycles. The van der Waals surface area contributed by atoms with Gasteiger partial charge in [-0.05, 0) is 37.1 Å². The highest BCUT2D eigenvalue weighted by Gasteiger charge is 2.52. The lowest BCUT2D eigenvalue weighted by molar-refractivity contribution is -0.224. The van der Waals surface area contributed by atoms with Crippen LogP contribution in [-0.4, -0.2) is 58.5 Å². The molecule has 0 spiro atoms. The molecular formula is C17H24N2O7S. The third-order valence-corrected chi connectivity index (χ3v) is 6.93. The van der Waals surface area contributed by atoms with Crippen LogP contribution in [0.1, 0.15) is 38.5 Å². The van der Waals surface area contributed by atoms with Crippen molar-refractivity contribution in [2.75, 3.05) is 6.54 Å². The maximum Gasteiger partial charge on any atom is 0.261 e. The topological polar surface area (TPSA) is 136 Å². The number of carbonyl (C=O) groups excluding carboxylic acids is 1. The normalized spacial score (nSPS) is 27.6. The van der Waals surface area contributed by atoms with Crippen LogP contribution in [0.2, 0.25) is 0 Å². The fourth-order valence-electron chi connectivity index (χ4n) is 3.70. The quantitative estimate of drug-likeness (QED) is 0.324. The van der Waals surface area contributed by atoms with Gasteiger partial charge >= 0.3 is 0 Å². The molecule has 1 aromatic rings. The maximum atomic E-state index is 13.0. The predicted molar refractivity (Wildman–Crippen MR) is 93.2 cm³/mol. The first-order chi connectivity index (χ1) is 12.7. The van der Waals surface area contributed by atoms with E-state index in [1.165, 1.54) is 29.7 Å². The second kappa shape index (κ2) is 7.72. The number of aromatic hydroxyl groups is 1. The summed E-state index contributed by atoms with van der Waals surface area (Å²) in [7, 11) is -4.16. The number of rotatable bonds is 5. The number of phenols is 1. The van der Waals surface area contributed by atoms with Gasteiger partial charge in [-0.1, -0.05) is 19.3 Å². The van der Waals surface area contributed by atoms with Gasteiger partial charge < -0.3 is 14.9 Å². The van der Waals surface area contributed by atoms with Crippen LogP contribution in [0.5, 0.6) is 5.75 Å². The Hall–Kier alpha value is -1.72. The van der Waals surface area contributed by atoms with E-state index in [0.29, 0.717) is 0 Å². The van der Waals surface area contributed by atoms with Gasteiger partial charge in [-0.25, -0.2) is 13.9 Å². The fourth-order valence-corrected chi connectivity index (χ4v) is 5.33. The number of hydrogen-bond donors (Lipinski definition) is 4.